The first-order valence-electron chi connectivity index (χ1n) is 8.00. The highest BCUT2D eigenvalue weighted by Crippen LogP contribution is 2.42. The van der Waals surface area contributed by atoms with Crippen LogP contribution in [0.5, 0.6) is 0 Å². The van der Waals surface area contributed by atoms with E-state index in [9.17, 15) is 4.79 Å². The minimum absolute atomic E-state index is 0.0480. The van der Waals surface area contributed by atoms with E-state index in [4.69, 9.17) is 0 Å². The Bertz CT molecular complexity index is 514. The molecule has 3 heterocycles. The van der Waals surface area contributed by atoms with E-state index in [-0.39, 0.29) is 17.4 Å². The Kier molecular flexibility index (Phi) is 3.78. The van der Waals surface area contributed by atoms with Gasteiger partial charge in [0.15, 0.2) is 0 Å². The normalized spacial score (nSPS) is 25.7. The highest BCUT2D eigenvalue weighted by Gasteiger charge is 2.48. The second-order valence-corrected chi connectivity index (χ2v) is 7.10. The van der Waals surface area contributed by atoms with Gasteiger partial charge in [0.05, 0.1) is 6.20 Å². The number of rotatable bonds is 3. The molecule has 5 heteroatoms. The Hall–Kier alpha value is -1.36. The lowest BCUT2D eigenvalue weighted by Crippen LogP contribution is -2.53. The van der Waals surface area contributed by atoms with Crippen LogP contribution in [0.2, 0.25) is 0 Å². The van der Waals surface area contributed by atoms with Crippen molar-refractivity contribution in [3.05, 3.63) is 18.0 Å². The molecule has 0 radical (unpaired) electrons. The third-order valence-electron chi connectivity index (χ3n) is 4.94. The Labute approximate surface area is 126 Å². The third kappa shape index (κ3) is 2.84. The number of likely N-dealkylation sites (tertiary alicyclic amines) is 1. The highest BCUT2D eigenvalue weighted by molar-refractivity contribution is 5.81. The van der Waals surface area contributed by atoms with E-state index in [0.717, 1.165) is 32.5 Å². The van der Waals surface area contributed by atoms with Crippen LogP contribution < -0.4 is 5.32 Å². The zero-order valence-electron chi connectivity index (χ0n) is 13.3. The summed E-state index contributed by atoms with van der Waals surface area (Å²) in [6.45, 7) is 7.84. The molecule has 0 aliphatic carbocycles. The van der Waals surface area contributed by atoms with Crippen molar-refractivity contribution >= 4 is 5.91 Å². The van der Waals surface area contributed by atoms with Crippen molar-refractivity contribution in [2.45, 2.75) is 44.6 Å². The largest absolute Gasteiger partial charge is 0.350 e. The molecule has 2 aliphatic rings. The maximum atomic E-state index is 12.0. The average Bonchev–Trinajstić information content (AvgIpc) is 2.96. The van der Waals surface area contributed by atoms with Crippen LogP contribution in [-0.2, 0) is 11.8 Å². The summed E-state index contributed by atoms with van der Waals surface area (Å²) in [5, 5.41) is 7.58. The van der Waals surface area contributed by atoms with Gasteiger partial charge in [-0.15, -0.1) is 0 Å². The molecule has 1 unspecified atom stereocenters. The number of nitrogens with zero attached hydrogens (tertiary/aromatic N) is 3. The van der Waals surface area contributed by atoms with Gasteiger partial charge < -0.3 is 10.2 Å². The topological polar surface area (TPSA) is 50.2 Å². The number of carbonyl (C=O) groups is 1. The van der Waals surface area contributed by atoms with Gasteiger partial charge in [0, 0.05) is 50.8 Å². The molecule has 2 aliphatic heterocycles. The first kappa shape index (κ1) is 14.6. The van der Waals surface area contributed by atoms with Gasteiger partial charge in [-0.05, 0) is 24.3 Å². The molecule has 1 aromatic heterocycles. The molecular weight excluding hydrogens is 264 g/mol. The Balaban J connectivity index is 1.75. The predicted octanol–water partition coefficient (Wildman–Crippen LogP) is 1.51. The summed E-state index contributed by atoms with van der Waals surface area (Å²) < 4.78 is 1.83. The lowest BCUT2D eigenvalue weighted by molar-refractivity contribution is -0.120. The van der Waals surface area contributed by atoms with Gasteiger partial charge in [-0.3, -0.25) is 9.48 Å². The van der Waals surface area contributed by atoms with Crippen LogP contribution >= 0.6 is 0 Å². The fourth-order valence-corrected chi connectivity index (χ4v) is 3.98. The SMILES string of the molecule is CC(C)CN1CCC2(CC1)NC(=O)CC2c1cnn(C)c1. The van der Waals surface area contributed by atoms with Crippen molar-refractivity contribution in [1.29, 1.82) is 0 Å². The lowest BCUT2D eigenvalue weighted by Gasteiger charge is -2.43. The molecule has 1 amide bonds. The molecule has 2 fully saturated rings. The Morgan fingerprint density at radius 3 is 2.71 bits per heavy atom. The number of nitrogens with one attached hydrogen (secondary N) is 1. The first-order valence-corrected chi connectivity index (χ1v) is 8.00. The Morgan fingerprint density at radius 2 is 2.14 bits per heavy atom. The summed E-state index contributed by atoms with van der Waals surface area (Å²) in [6.07, 6.45) is 6.69. The molecule has 1 atom stereocenters. The van der Waals surface area contributed by atoms with Gasteiger partial charge in [0.1, 0.15) is 0 Å². The van der Waals surface area contributed by atoms with Crippen molar-refractivity contribution in [1.82, 2.24) is 20.0 Å². The first-order chi connectivity index (χ1) is 9.98. The summed E-state index contributed by atoms with van der Waals surface area (Å²) in [5.41, 5.74) is 1.15. The van der Waals surface area contributed by atoms with Crippen LogP contribution in [0.1, 0.15) is 44.6 Å². The summed E-state index contributed by atoms with van der Waals surface area (Å²) >= 11 is 0. The van der Waals surface area contributed by atoms with Crippen molar-refractivity contribution in [3.63, 3.8) is 0 Å². The molecule has 0 aromatic carbocycles. The van der Waals surface area contributed by atoms with Gasteiger partial charge in [-0.25, -0.2) is 0 Å². The second-order valence-electron chi connectivity index (χ2n) is 7.10. The molecule has 2 saturated heterocycles. The van der Waals surface area contributed by atoms with E-state index < -0.39 is 0 Å². The number of aromatic nitrogens is 2. The summed E-state index contributed by atoms with van der Waals surface area (Å²) in [6, 6.07) is 0. The van der Waals surface area contributed by atoms with Gasteiger partial charge in [-0.1, -0.05) is 13.8 Å². The molecule has 21 heavy (non-hydrogen) atoms. The van der Waals surface area contributed by atoms with Crippen LogP contribution in [0.3, 0.4) is 0 Å². The molecule has 0 bridgehead atoms. The van der Waals surface area contributed by atoms with Crippen LogP contribution in [0.4, 0.5) is 0 Å². The van der Waals surface area contributed by atoms with E-state index in [2.05, 4.69) is 35.4 Å². The number of hydrogen-bond acceptors (Lipinski definition) is 3. The van der Waals surface area contributed by atoms with Crippen molar-refractivity contribution in [2.75, 3.05) is 19.6 Å². The van der Waals surface area contributed by atoms with Crippen LogP contribution in [0, 0.1) is 5.92 Å². The molecule has 1 N–H and O–H groups in total. The van der Waals surface area contributed by atoms with E-state index in [1.54, 1.807) is 0 Å². The summed E-state index contributed by atoms with van der Waals surface area (Å²) in [5.74, 6) is 1.17. The maximum absolute atomic E-state index is 12.0. The standard InChI is InChI=1S/C16H26N4O/c1-12(2)10-20-6-4-16(5-7-20)14(8-15(21)18-16)13-9-17-19(3)11-13/h9,11-12,14H,4-8,10H2,1-3H3,(H,18,21). The van der Waals surface area contributed by atoms with E-state index >= 15 is 0 Å². The second kappa shape index (κ2) is 5.44. The molecule has 5 nitrogen and oxygen atoms in total. The van der Waals surface area contributed by atoms with Gasteiger partial charge in [-0.2, -0.15) is 5.10 Å². The number of carbonyl (C=O) groups excluding carboxylic acids is 1. The van der Waals surface area contributed by atoms with Gasteiger partial charge in [0.25, 0.3) is 0 Å². The fourth-order valence-electron chi connectivity index (χ4n) is 3.98. The summed E-state index contributed by atoms with van der Waals surface area (Å²) in [7, 11) is 1.94. The van der Waals surface area contributed by atoms with E-state index in [0.29, 0.717) is 12.3 Å². The Morgan fingerprint density at radius 1 is 1.43 bits per heavy atom. The minimum atomic E-state index is -0.0480. The number of piperidine rings is 1. The van der Waals surface area contributed by atoms with Gasteiger partial charge >= 0.3 is 0 Å². The van der Waals surface area contributed by atoms with Crippen LogP contribution in [0.15, 0.2) is 12.4 Å². The molecule has 116 valence electrons. The summed E-state index contributed by atoms with van der Waals surface area (Å²) in [4.78, 5) is 14.5. The zero-order valence-corrected chi connectivity index (χ0v) is 13.3. The van der Waals surface area contributed by atoms with E-state index in [1.165, 1.54) is 5.56 Å². The maximum Gasteiger partial charge on any atom is 0.221 e. The van der Waals surface area contributed by atoms with Gasteiger partial charge in [0.2, 0.25) is 5.91 Å². The molecule has 1 aromatic rings. The van der Waals surface area contributed by atoms with Crippen molar-refractivity contribution in [2.24, 2.45) is 13.0 Å². The third-order valence-corrected chi connectivity index (χ3v) is 4.94. The predicted molar refractivity (Wildman–Crippen MR) is 82.0 cm³/mol. The number of hydrogen-bond donors (Lipinski definition) is 1. The molecular formula is C16H26N4O. The fraction of sp³-hybridized carbons (Fsp3) is 0.750. The van der Waals surface area contributed by atoms with Crippen molar-refractivity contribution < 1.29 is 4.79 Å². The number of aryl methyl sites for hydroxylation is 1. The average molecular weight is 290 g/mol. The number of amides is 1. The molecule has 0 saturated carbocycles. The molecule has 1 spiro atoms. The highest BCUT2D eigenvalue weighted by atomic mass is 16.2. The van der Waals surface area contributed by atoms with Crippen molar-refractivity contribution in [3.8, 4) is 0 Å². The van der Waals surface area contributed by atoms with E-state index in [1.807, 2.05) is 17.9 Å². The smallest absolute Gasteiger partial charge is 0.221 e. The lowest BCUT2D eigenvalue weighted by atomic mass is 9.75. The zero-order chi connectivity index (χ0) is 15.0. The quantitative estimate of drug-likeness (QED) is 0.918. The minimum Gasteiger partial charge on any atom is -0.350 e. The monoisotopic (exact) mass is 290 g/mol. The van der Waals surface area contributed by atoms with Crippen LogP contribution in [-0.4, -0.2) is 45.8 Å². The van der Waals surface area contributed by atoms with Crippen LogP contribution in [0.25, 0.3) is 0 Å². The molecule has 3 rings (SSSR count).